The van der Waals surface area contributed by atoms with Crippen molar-refractivity contribution in [2.75, 3.05) is 0 Å². The Morgan fingerprint density at radius 2 is 2.05 bits per heavy atom. The van der Waals surface area contributed by atoms with E-state index in [2.05, 4.69) is 17.3 Å². The summed E-state index contributed by atoms with van der Waals surface area (Å²) in [5.41, 5.74) is 9.68. The number of benzene rings is 1. The zero-order valence-electron chi connectivity index (χ0n) is 10.3. The van der Waals surface area contributed by atoms with E-state index in [1.807, 2.05) is 36.4 Å². The molecule has 1 atom stereocenters. The van der Waals surface area contributed by atoms with E-state index >= 15 is 0 Å². The molecule has 0 bridgehead atoms. The Bertz CT molecular complexity index is 542. The number of nitrogens with one attached hydrogen (secondary N) is 1. The maximum atomic E-state index is 7.04. The number of allylic oxidation sites excluding steroid dienone is 4. The molecule has 1 aliphatic rings. The van der Waals surface area contributed by atoms with Gasteiger partial charge in [0.05, 0.1) is 0 Å². The number of alkyl halides is 1. The van der Waals surface area contributed by atoms with Gasteiger partial charge in [-0.05, 0) is 41.7 Å². The molecule has 0 fully saturated rings. The van der Waals surface area contributed by atoms with Crippen LogP contribution in [0.5, 0.6) is 0 Å². The van der Waals surface area contributed by atoms with Crippen LogP contribution in [-0.2, 0) is 6.42 Å². The Morgan fingerprint density at radius 1 is 1.32 bits per heavy atom. The molecule has 4 heteroatoms. The van der Waals surface area contributed by atoms with Crippen LogP contribution in [0.15, 0.2) is 64.8 Å². The van der Waals surface area contributed by atoms with Crippen LogP contribution >= 0.6 is 23.2 Å². The zero-order chi connectivity index (χ0) is 13.7. The average molecular weight is 293 g/mol. The Balaban J connectivity index is 2.14. The SMILES string of the molecule is N=NC(Cl)C1=CC=CCC1=CCc1ccc(Cl)cc1. The number of halogens is 2. The monoisotopic (exact) mass is 292 g/mol. The summed E-state index contributed by atoms with van der Waals surface area (Å²) >= 11 is 11.9. The second kappa shape index (κ2) is 6.69. The van der Waals surface area contributed by atoms with Crippen LogP contribution < -0.4 is 0 Å². The highest BCUT2D eigenvalue weighted by Gasteiger charge is 2.14. The second-order valence-electron chi connectivity index (χ2n) is 4.28. The molecular formula is C15H14Cl2N2. The summed E-state index contributed by atoms with van der Waals surface area (Å²) in [4.78, 5) is 0. The van der Waals surface area contributed by atoms with Crippen molar-refractivity contribution in [3.8, 4) is 0 Å². The maximum absolute atomic E-state index is 7.04. The molecular weight excluding hydrogens is 279 g/mol. The highest BCUT2D eigenvalue weighted by Crippen LogP contribution is 2.27. The zero-order valence-corrected chi connectivity index (χ0v) is 11.8. The van der Waals surface area contributed by atoms with Gasteiger partial charge in [0.1, 0.15) is 0 Å². The third-order valence-electron chi connectivity index (χ3n) is 2.99. The lowest BCUT2D eigenvalue weighted by Gasteiger charge is -2.15. The van der Waals surface area contributed by atoms with Gasteiger partial charge in [0, 0.05) is 5.02 Å². The van der Waals surface area contributed by atoms with Crippen LogP contribution in [0.4, 0.5) is 0 Å². The number of rotatable bonds is 4. The van der Waals surface area contributed by atoms with Crippen LogP contribution in [0.3, 0.4) is 0 Å². The van der Waals surface area contributed by atoms with E-state index in [4.69, 9.17) is 28.7 Å². The lowest BCUT2D eigenvalue weighted by molar-refractivity contribution is 0.893. The van der Waals surface area contributed by atoms with Gasteiger partial charge in [-0.2, -0.15) is 5.11 Å². The predicted molar refractivity (Wildman–Crippen MR) is 79.9 cm³/mol. The first-order chi connectivity index (χ1) is 9.20. The first kappa shape index (κ1) is 14.0. The Kier molecular flexibility index (Phi) is 4.94. The molecule has 0 saturated carbocycles. The molecule has 0 spiro atoms. The number of nitrogens with zero attached hydrogens (tertiary/aromatic N) is 1. The topological polar surface area (TPSA) is 36.2 Å². The van der Waals surface area contributed by atoms with Crippen molar-refractivity contribution in [1.82, 2.24) is 0 Å². The smallest absolute Gasteiger partial charge is 0.169 e. The van der Waals surface area contributed by atoms with Gasteiger partial charge in [-0.1, -0.05) is 59.6 Å². The third-order valence-corrected chi connectivity index (χ3v) is 3.57. The molecule has 19 heavy (non-hydrogen) atoms. The van der Waals surface area contributed by atoms with Crippen LogP contribution in [-0.4, -0.2) is 5.50 Å². The predicted octanol–water partition coefficient (Wildman–Crippen LogP) is 5.29. The molecule has 0 heterocycles. The lowest BCUT2D eigenvalue weighted by atomic mass is 9.96. The lowest BCUT2D eigenvalue weighted by Crippen LogP contribution is -2.04. The molecule has 0 aromatic heterocycles. The van der Waals surface area contributed by atoms with E-state index in [1.54, 1.807) is 0 Å². The molecule has 1 aromatic carbocycles. The van der Waals surface area contributed by atoms with Gasteiger partial charge in [-0.3, -0.25) is 0 Å². The summed E-state index contributed by atoms with van der Waals surface area (Å²) in [7, 11) is 0. The van der Waals surface area contributed by atoms with E-state index in [-0.39, 0.29) is 0 Å². The third kappa shape index (κ3) is 3.79. The molecule has 0 saturated heterocycles. The van der Waals surface area contributed by atoms with Crippen molar-refractivity contribution < 1.29 is 0 Å². The van der Waals surface area contributed by atoms with Crippen LogP contribution in [0, 0.1) is 5.53 Å². The van der Waals surface area contributed by atoms with Crippen LogP contribution in [0.1, 0.15) is 12.0 Å². The summed E-state index contributed by atoms with van der Waals surface area (Å²) < 4.78 is 0. The molecule has 2 rings (SSSR count). The minimum Gasteiger partial charge on any atom is -0.208 e. The van der Waals surface area contributed by atoms with Crippen molar-refractivity contribution in [3.05, 3.63) is 70.3 Å². The van der Waals surface area contributed by atoms with Gasteiger partial charge >= 0.3 is 0 Å². The molecule has 98 valence electrons. The van der Waals surface area contributed by atoms with Crippen LogP contribution in [0.25, 0.3) is 0 Å². The highest BCUT2D eigenvalue weighted by atomic mass is 35.5. The van der Waals surface area contributed by atoms with Gasteiger partial charge in [-0.25, -0.2) is 5.53 Å². The molecule has 2 nitrogen and oxygen atoms in total. The van der Waals surface area contributed by atoms with Crippen molar-refractivity contribution in [3.63, 3.8) is 0 Å². The van der Waals surface area contributed by atoms with Crippen molar-refractivity contribution >= 4 is 23.2 Å². The maximum Gasteiger partial charge on any atom is 0.169 e. The summed E-state index contributed by atoms with van der Waals surface area (Å²) in [6.07, 6.45) is 9.74. The fourth-order valence-corrected chi connectivity index (χ4v) is 2.30. The molecule has 1 aromatic rings. The first-order valence-electron chi connectivity index (χ1n) is 6.02. The van der Waals surface area contributed by atoms with Gasteiger partial charge in [0.25, 0.3) is 0 Å². The molecule has 1 aliphatic carbocycles. The Hall–Kier alpha value is -1.38. The van der Waals surface area contributed by atoms with Gasteiger partial charge in [0.15, 0.2) is 5.50 Å². The highest BCUT2D eigenvalue weighted by molar-refractivity contribution is 6.30. The summed E-state index contributed by atoms with van der Waals surface area (Å²) in [6, 6.07) is 7.79. The van der Waals surface area contributed by atoms with Crippen LogP contribution in [0.2, 0.25) is 5.02 Å². The summed E-state index contributed by atoms with van der Waals surface area (Å²) in [5.74, 6) is 0. The van der Waals surface area contributed by atoms with Gasteiger partial charge < -0.3 is 0 Å². The average Bonchev–Trinajstić information content (AvgIpc) is 2.46. The quantitative estimate of drug-likeness (QED) is 0.445. The number of hydrogen-bond donors (Lipinski definition) is 1. The normalized spacial score (nSPS) is 18.2. The Labute approximate surface area is 122 Å². The van der Waals surface area contributed by atoms with Crippen molar-refractivity contribution in [2.24, 2.45) is 5.11 Å². The van der Waals surface area contributed by atoms with E-state index in [0.29, 0.717) is 0 Å². The van der Waals surface area contributed by atoms with E-state index < -0.39 is 5.50 Å². The molecule has 1 N–H and O–H groups in total. The molecule has 0 amide bonds. The minimum atomic E-state index is -0.596. The fraction of sp³-hybridized carbons (Fsp3) is 0.200. The number of hydrogen-bond acceptors (Lipinski definition) is 2. The van der Waals surface area contributed by atoms with Gasteiger partial charge in [0.2, 0.25) is 0 Å². The second-order valence-corrected chi connectivity index (χ2v) is 5.13. The largest absolute Gasteiger partial charge is 0.208 e. The molecule has 0 radical (unpaired) electrons. The minimum absolute atomic E-state index is 0.596. The summed E-state index contributed by atoms with van der Waals surface area (Å²) in [5, 5.41) is 4.13. The standard InChI is InChI=1S/C15H14Cl2N2/c16-13-9-6-11(7-10-13)5-8-12-3-1-2-4-14(12)15(17)19-18/h1-2,4,6-10,15,18H,3,5H2. The fourth-order valence-electron chi connectivity index (χ4n) is 1.96. The van der Waals surface area contributed by atoms with Crippen molar-refractivity contribution in [2.45, 2.75) is 18.3 Å². The van der Waals surface area contributed by atoms with E-state index in [9.17, 15) is 0 Å². The van der Waals surface area contributed by atoms with E-state index in [1.165, 1.54) is 5.56 Å². The van der Waals surface area contributed by atoms with E-state index in [0.717, 1.165) is 29.0 Å². The first-order valence-corrected chi connectivity index (χ1v) is 6.83. The van der Waals surface area contributed by atoms with Gasteiger partial charge in [-0.15, -0.1) is 0 Å². The molecule has 0 aliphatic heterocycles. The molecule has 1 unspecified atom stereocenters. The summed E-state index contributed by atoms with van der Waals surface area (Å²) in [6.45, 7) is 0. The Morgan fingerprint density at radius 3 is 2.74 bits per heavy atom. The van der Waals surface area contributed by atoms with Crippen molar-refractivity contribution in [1.29, 1.82) is 5.53 Å².